The van der Waals surface area contributed by atoms with E-state index in [4.69, 9.17) is 19.2 Å². The third kappa shape index (κ3) is 4.40. The van der Waals surface area contributed by atoms with Crippen LogP contribution in [0, 0.1) is 0 Å². The maximum absolute atomic E-state index is 12.6. The van der Waals surface area contributed by atoms with E-state index in [2.05, 4.69) is 22.5 Å². The number of para-hydroxylation sites is 2. The predicted molar refractivity (Wildman–Crippen MR) is 117 cm³/mol. The molecule has 0 aliphatic heterocycles. The minimum atomic E-state index is -0.200. The van der Waals surface area contributed by atoms with Gasteiger partial charge in [-0.1, -0.05) is 18.2 Å². The summed E-state index contributed by atoms with van der Waals surface area (Å²) in [4.78, 5) is 17.3. The lowest BCUT2D eigenvalue weighted by atomic mass is 10.1. The molecule has 7 heteroatoms. The number of amides is 1. The zero-order valence-corrected chi connectivity index (χ0v) is 17.6. The molecule has 0 aliphatic carbocycles. The Labute approximate surface area is 176 Å². The smallest absolute Gasteiger partial charge is 0.251 e. The summed E-state index contributed by atoms with van der Waals surface area (Å²) < 4.78 is 18.1. The van der Waals surface area contributed by atoms with Gasteiger partial charge >= 0.3 is 0 Å². The van der Waals surface area contributed by atoms with Crippen LogP contribution in [0.3, 0.4) is 0 Å². The number of rotatable bonds is 10. The standard InChI is InChI=1S/C23H27N3O4/c1-5-13-26-18-10-7-6-9-17(18)25-21(26)11-8-12-24-23(27)16-14-19(28-2)22(30-4)20(15-16)29-3/h5-7,9-10,14-15H,1,8,11-13H2,2-4H3,(H,24,27). The highest BCUT2D eigenvalue weighted by atomic mass is 16.5. The fraction of sp³-hybridized carbons (Fsp3) is 0.304. The van der Waals surface area contributed by atoms with Crippen molar-refractivity contribution in [1.29, 1.82) is 0 Å². The van der Waals surface area contributed by atoms with Gasteiger partial charge < -0.3 is 24.1 Å². The first-order chi connectivity index (χ1) is 14.6. The van der Waals surface area contributed by atoms with E-state index in [1.54, 1.807) is 12.1 Å². The largest absolute Gasteiger partial charge is 0.493 e. The monoisotopic (exact) mass is 409 g/mol. The number of fused-ring (bicyclic) bond motifs is 1. The van der Waals surface area contributed by atoms with Crippen LogP contribution in [-0.2, 0) is 13.0 Å². The van der Waals surface area contributed by atoms with Gasteiger partial charge in [0.05, 0.1) is 32.4 Å². The SMILES string of the molecule is C=CCn1c(CCCNC(=O)c2cc(OC)c(OC)c(OC)c2)nc2ccccc21. The van der Waals surface area contributed by atoms with Gasteiger partial charge in [0.1, 0.15) is 5.82 Å². The minimum Gasteiger partial charge on any atom is -0.493 e. The van der Waals surface area contributed by atoms with E-state index in [0.717, 1.165) is 29.7 Å². The molecule has 1 aromatic heterocycles. The second-order valence-electron chi connectivity index (χ2n) is 6.69. The number of hydrogen-bond acceptors (Lipinski definition) is 5. The summed E-state index contributed by atoms with van der Waals surface area (Å²) in [5, 5.41) is 2.95. The normalized spacial score (nSPS) is 10.6. The van der Waals surface area contributed by atoms with Gasteiger partial charge in [0, 0.05) is 25.1 Å². The minimum absolute atomic E-state index is 0.200. The first-order valence-corrected chi connectivity index (χ1v) is 9.76. The molecule has 0 unspecified atom stereocenters. The lowest BCUT2D eigenvalue weighted by Crippen LogP contribution is -2.25. The lowest BCUT2D eigenvalue weighted by Gasteiger charge is -2.14. The van der Waals surface area contributed by atoms with Crippen molar-refractivity contribution in [1.82, 2.24) is 14.9 Å². The van der Waals surface area contributed by atoms with Crippen molar-refractivity contribution in [3.8, 4) is 17.2 Å². The van der Waals surface area contributed by atoms with Crippen molar-refractivity contribution >= 4 is 16.9 Å². The van der Waals surface area contributed by atoms with Crippen LogP contribution < -0.4 is 19.5 Å². The molecule has 1 heterocycles. The van der Waals surface area contributed by atoms with Gasteiger partial charge in [-0.2, -0.15) is 0 Å². The van der Waals surface area contributed by atoms with E-state index < -0.39 is 0 Å². The van der Waals surface area contributed by atoms with Crippen molar-refractivity contribution in [3.05, 3.63) is 60.4 Å². The summed E-state index contributed by atoms with van der Waals surface area (Å²) in [6, 6.07) is 11.3. The highest BCUT2D eigenvalue weighted by molar-refractivity contribution is 5.95. The molecule has 1 N–H and O–H groups in total. The number of nitrogens with zero attached hydrogens (tertiary/aromatic N) is 2. The molecule has 7 nitrogen and oxygen atoms in total. The van der Waals surface area contributed by atoms with E-state index in [9.17, 15) is 4.79 Å². The molecule has 30 heavy (non-hydrogen) atoms. The van der Waals surface area contributed by atoms with Crippen molar-refractivity contribution in [3.63, 3.8) is 0 Å². The molecule has 0 atom stereocenters. The summed E-state index contributed by atoms with van der Waals surface area (Å²) in [5.74, 6) is 2.13. The van der Waals surface area contributed by atoms with Gasteiger partial charge in [0.15, 0.2) is 11.5 Å². The topological polar surface area (TPSA) is 74.6 Å². The molecule has 0 saturated carbocycles. The van der Waals surface area contributed by atoms with Gasteiger partial charge in [0.25, 0.3) is 5.91 Å². The van der Waals surface area contributed by atoms with E-state index in [1.807, 2.05) is 24.3 Å². The quantitative estimate of drug-likeness (QED) is 0.409. The Morgan fingerprint density at radius 3 is 2.47 bits per heavy atom. The Bertz CT molecular complexity index is 1020. The third-order valence-electron chi connectivity index (χ3n) is 4.83. The Morgan fingerprint density at radius 1 is 1.13 bits per heavy atom. The zero-order chi connectivity index (χ0) is 21.5. The van der Waals surface area contributed by atoms with Crippen molar-refractivity contribution in [2.24, 2.45) is 0 Å². The van der Waals surface area contributed by atoms with E-state index in [1.165, 1.54) is 21.3 Å². The average Bonchev–Trinajstić information content (AvgIpc) is 3.13. The van der Waals surface area contributed by atoms with Crippen LogP contribution in [-0.4, -0.2) is 43.3 Å². The number of aromatic nitrogens is 2. The van der Waals surface area contributed by atoms with Gasteiger partial charge in [-0.3, -0.25) is 4.79 Å². The Morgan fingerprint density at radius 2 is 1.83 bits per heavy atom. The number of nitrogens with one attached hydrogen (secondary N) is 1. The fourth-order valence-electron chi connectivity index (χ4n) is 3.41. The molecule has 0 radical (unpaired) electrons. The predicted octanol–water partition coefficient (Wildman–Crippen LogP) is 3.61. The maximum Gasteiger partial charge on any atom is 0.251 e. The van der Waals surface area contributed by atoms with Gasteiger partial charge in [-0.05, 0) is 30.7 Å². The molecule has 0 fully saturated rings. The number of hydrogen-bond donors (Lipinski definition) is 1. The summed E-state index contributed by atoms with van der Waals surface area (Å²) in [5.41, 5.74) is 2.51. The van der Waals surface area contributed by atoms with Crippen molar-refractivity contribution in [2.75, 3.05) is 27.9 Å². The number of methoxy groups -OCH3 is 3. The van der Waals surface area contributed by atoms with Crippen LogP contribution in [0.2, 0.25) is 0 Å². The molecule has 158 valence electrons. The van der Waals surface area contributed by atoms with E-state index >= 15 is 0 Å². The molecular weight excluding hydrogens is 382 g/mol. The molecule has 2 aromatic carbocycles. The average molecular weight is 409 g/mol. The second-order valence-corrected chi connectivity index (χ2v) is 6.69. The van der Waals surface area contributed by atoms with Gasteiger partial charge in [-0.25, -0.2) is 4.98 Å². The summed E-state index contributed by atoms with van der Waals surface area (Å²) >= 11 is 0. The number of aryl methyl sites for hydroxylation is 1. The van der Waals surface area contributed by atoms with Crippen molar-refractivity contribution in [2.45, 2.75) is 19.4 Å². The highest BCUT2D eigenvalue weighted by Crippen LogP contribution is 2.38. The molecule has 0 aliphatic rings. The molecule has 0 spiro atoms. The van der Waals surface area contributed by atoms with Crippen LogP contribution in [0.5, 0.6) is 17.2 Å². The maximum atomic E-state index is 12.6. The molecular formula is C23H27N3O4. The number of benzene rings is 2. The molecule has 0 bridgehead atoms. The fourth-order valence-corrected chi connectivity index (χ4v) is 3.41. The first-order valence-electron chi connectivity index (χ1n) is 9.76. The molecule has 3 rings (SSSR count). The molecule has 1 amide bonds. The number of carbonyl (C=O) groups is 1. The third-order valence-corrected chi connectivity index (χ3v) is 4.83. The van der Waals surface area contributed by atoms with Crippen LogP contribution in [0.25, 0.3) is 11.0 Å². The van der Waals surface area contributed by atoms with Crippen LogP contribution >= 0.6 is 0 Å². The Hall–Kier alpha value is -3.48. The van der Waals surface area contributed by atoms with Crippen LogP contribution in [0.4, 0.5) is 0 Å². The van der Waals surface area contributed by atoms with Gasteiger partial charge in [0.2, 0.25) is 5.75 Å². The second kappa shape index (κ2) is 9.82. The molecule has 3 aromatic rings. The summed E-state index contributed by atoms with van der Waals surface area (Å²) in [6.45, 7) is 5.06. The van der Waals surface area contributed by atoms with E-state index in [0.29, 0.717) is 35.9 Å². The number of carbonyl (C=O) groups excluding carboxylic acids is 1. The molecule has 0 saturated heterocycles. The summed E-state index contributed by atoms with van der Waals surface area (Å²) in [6.07, 6.45) is 3.37. The lowest BCUT2D eigenvalue weighted by molar-refractivity contribution is 0.0952. The van der Waals surface area contributed by atoms with Crippen LogP contribution in [0.1, 0.15) is 22.6 Å². The Kier molecular flexibility index (Phi) is 6.95. The number of imidazole rings is 1. The van der Waals surface area contributed by atoms with Crippen molar-refractivity contribution < 1.29 is 19.0 Å². The number of allylic oxidation sites excluding steroid dienone is 1. The number of ether oxygens (including phenoxy) is 3. The first kappa shape index (κ1) is 21.2. The zero-order valence-electron chi connectivity index (χ0n) is 17.6. The van der Waals surface area contributed by atoms with Crippen LogP contribution in [0.15, 0.2) is 49.1 Å². The van der Waals surface area contributed by atoms with E-state index in [-0.39, 0.29) is 5.91 Å². The van der Waals surface area contributed by atoms with Gasteiger partial charge in [-0.15, -0.1) is 6.58 Å². The summed E-state index contributed by atoms with van der Waals surface area (Å²) in [7, 11) is 4.57. The Balaban J connectivity index is 1.65. The highest BCUT2D eigenvalue weighted by Gasteiger charge is 2.17.